The van der Waals surface area contributed by atoms with Crippen LogP contribution in [0.25, 0.3) is 0 Å². The second kappa shape index (κ2) is 4.93. The molecule has 4 nitrogen and oxygen atoms in total. The molecule has 80 valence electrons. The Bertz CT molecular complexity index is 402. The Balaban J connectivity index is 3.13. The van der Waals surface area contributed by atoms with Crippen LogP contribution in [0.4, 0.5) is 5.69 Å². The lowest BCUT2D eigenvalue weighted by Gasteiger charge is -2.04. The number of benzene rings is 1. The van der Waals surface area contributed by atoms with E-state index < -0.39 is 5.97 Å². The van der Waals surface area contributed by atoms with Crippen LogP contribution in [0.2, 0.25) is 0 Å². The molecule has 0 saturated heterocycles. The van der Waals surface area contributed by atoms with E-state index in [9.17, 15) is 4.79 Å². The molecule has 1 rings (SSSR count). The number of halogens is 1. The van der Waals surface area contributed by atoms with Gasteiger partial charge in [0.15, 0.2) is 0 Å². The molecule has 0 radical (unpaired) electrons. The van der Waals surface area contributed by atoms with Gasteiger partial charge in [-0.1, -0.05) is 15.9 Å². The zero-order valence-corrected chi connectivity index (χ0v) is 10.0. The SMILES string of the molecule is CN(C)C=Nc1cc(Br)ccc1C(=O)O. The molecule has 0 bridgehead atoms. The number of hydrogen-bond acceptors (Lipinski definition) is 2. The maximum atomic E-state index is 10.9. The average Bonchev–Trinajstić information content (AvgIpc) is 2.14. The molecule has 1 aromatic rings. The van der Waals surface area contributed by atoms with Gasteiger partial charge in [0.05, 0.1) is 17.6 Å². The third-order valence-corrected chi connectivity index (χ3v) is 2.11. The molecule has 0 spiro atoms. The van der Waals surface area contributed by atoms with Gasteiger partial charge in [-0.05, 0) is 18.2 Å². The molecule has 1 N–H and O–H groups in total. The quantitative estimate of drug-likeness (QED) is 0.678. The first kappa shape index (κ1) is 11.7. The van der Waals surface area contributed by atoms with Gasteiger partial charge in [0, 0.05) is 18.6 Å². The summed E-state index contributed by atoms with van der Waals surface area (Å²) in [5.41, 5.74) is 0.627. The van der Waals surface area contributed by atoms with Crippen molar-refractivity contribution in [2.75, 3.05) is 14.1 Å². The molecule has 0 heterocycles. The lowest BCUT2D eigenvalue weighted by Crippen LogP contribution is -2.07. The van der Waals surface area contributed by atoms with Gasteiger partial charge in [-0.3, -0.25) is 0 Å². The number of carboxylic acid groups (broad SMARTS) is 1. The summed E-state index contributed by atoms with van der Waals surface area (Å²) < 4.78 is 0.804. The van der Waals surface area contributed by atoms with Gasteiger partial charge in [0.2, 0.25) is 0 Å². The molecule has 0 aliphatic rings. The van der Waals surface area contributed by atoms with Gasteiger partial charge in [0.1, 0.15) is 0 Å². The van der Waals surface area contributed by atoms with E-state index in [1.807, 2.05) is 14.1 Å². The van der Waals surface area contributed by atoms with Crippen LogP contribution in [-0.2, 0) is 0 Å². The molecule has 0 saturated carbocycles. The summed E-state index contributed by atoms with van der Waals surface area (Å²) in [4.78, 5) is 16.7. The van der Waals surface area contributed by atoms with E-state index in [1.54, 1.807) is 23.4 Å². The summed E-state index contributed by atoms with van der Waals surface area (Å²) in [6.07, 6.45) is 1.56. The molecule has 0 aliphatic heterocycles. The zero-order chi connectivity index (χ0) is 11.4. The summed E-state index contributed by atoms with van der Waals surface area (Å²) in [5, 5.41) is 8.92. The summed E-state index contributed by atoms with van der Waals surface area (Å²) in [6, 6.07) is 4.87. The second-order valence-electron chi connectivity index (χ2n) is 3.17. The highest BCUT2D eigenvalue weighted by molar-refractivity contribution is 9.10. The largest absolute Gasteiger partial charge is 0.478 e. The van der Waals surface area contributed by atoms with Crippen molar-refractivity contribution in [3.63, 3.8) is 0 Å². The smallest absolute Gasteiger partial charge is 0.337 e. The summed E-state index contributed by atoms with van der Waals surface area (Å²) in [6.45, 7) is 0. The Morgan fingerprint density at radius 2 is 2.20 bits per heavy atom. The standard InChI is InChI=1S/C10H11BrN2O2/c1-13(2)6-12-9-5-7(11)3-4-8(9)10(14)15/h3-6H,1-2H3,(H,14,15). The van der Waals surface area contributed by atoms with Crippen molar-refractivity contribution in [1.29, 1.82) is 0 Å². The lowest BCUT2D eigenvalue weighted by molar-refractivity contribution is 0.0698. The minimum Gasteiger partial charge on any atom is -0.478 e. The van der Waals surface area contributed by atoms with Crippen molar-refractivity contribution in [2.24, 2.45) is 4.99 Å². The first-order valence-corrected chi connectivity index (χ1v) is 5.03. The van der Waals surface area contributed by atoms with E-state index in [0.29, 0.717) is 5.69 Å². The van der Waals surface area contributed by atoms with Crippen molar-refractivity contribution in [1.82, 2.24) is 4.90 Å². The number of hydrogen-bond donors (Lipinski definition) is 1. The van der Waals surface area contributed by atoms with Gasteiger partial charge >= 0.3 is 5.97 Å². The third-order valence-electron chi connectivity index (χ3n) is 1.62. The molecule has 0 atom stereocenters. The van der Waals surface area contributed by atoms with Crippen LogP contribution in [0.1, 0.15) is 10.4 Å². The van der Waals surface area contributed by atoms with Crippen molar-refractivity contribution in [3.05, 3.63) is 28.2 Å². The minimum atomic E-state index is -0.978. The fraction of sp³-hybridized carbons (Fsp3) is 0.200. The predicted octanol–water partition coefficient (Wildman–Crippen LogP) is 2.37. The van der Waals surface area contributed by atoms with Crippen LogP contribution < -0.4 is 0 Å². The van der Waals surface area contributed by atoms with Crippen LogP contribution in [0.5, 0.6) is 0 Å². The first-order valence-electron chi connectivity index (χ1n) is 4.24. The van der Waals surface area contributed by atoms with Crippen molar-refractivity contribution in [2.45, 2.75) is 0 Å². The third kappa shape index (κ3) is 3.36. The van der Waals surface area contributed by atoms with Gasteiger partial charge < -0.3 is 10.0 Å². The lowest BCUT2D eigenvalue weighted by atomic mass is 10.2. The molecule has 0 fully saturated rings. The van der Waals surface area contributed by atoms with Crippen LogP contribution in [0, 0.1) is 0 Å². The minimum absolute atomic E-state index is 0.191. The summed E-state index contributed by atoms with van der Waals surface area (Å²) in [5.74, 6) is -0.978. The molecule has 0 aromatic heterocycles. The maximum absolute atomic E-state index is 10.9. The summed E-state index contributed by atoms with van der Waals surface area (Å²) >= 11 is 3.27. The van der Waals surface area contributed by atoms with E-state index in [2.05, 4.69) is 20.9 Å². The maximum Gasteiger partial charge on any atom is 0.337 e. The Morgan fingerprint density at radius 3 is 2.73 bits per heavy atom. The second-order valence-corrected chi connectivity index (χ2v) is 4.09. The highest BCUT2D eigenvalue weighted by Crippen LogP contribution is 2.23. The van der Waals surface area contributed by atoms with Crippen LogP contribution >= 0.6 is 15.9 Å². The van der Waals surface area contributed by atoms with Crippen molar-refractivity contribution in [3.8, 4) is 0 Å². The predicted molar refractivity (Wildman–Crippen MR) is 62.9 cm³/mol. The average molecular weight is 271 g/mol. The normalized spacial score (nSPS) is 10.6. The molecular weight excluding hydrogens is 260 g/mol. The highest BCUT2D eigenvalue weighted by atomic mass is 79.9. The number of nitrogens with zero attached hydrogens (tertiary/aromatic N) is 2. The topological polar surface area (TPSA) is 52.9 Å². The van der Waals surface area contributed by atoms with E-state index >= 15 is 0 Å². The Labute approximate surface area is 96.4 Å². The fourth-order valence-corrected chi connectivity index (χ4v) is 1.32. The zero-order valence-electron chi connectivity index (χ0n) is 8.44. The number of aromatic carboxylic acids is 1. The molecule has 0 unspecified atom stereocenters. The molecule has 1 aromatic carbocycles. The number of aliphatic imine (C=N–C) groups is 1. The monoisotopic (exact) mass is 270 g/mol. The van der Waals surface area contributed by atoms with Crippen molar-refractivity contribution < 1.29 is 9.90 Å². The Morgan fingerprint density at radius 1 is 1.53 bits per heavy atom. The first-order chi connectivity index (χ1) is 7.00. The van der Waals surface area contributed by atoms with E-state index in [1.165, 1.54) is 6.07 Å². The van der Waals surface area contributed by atoms with Gasteiger partial charge in [-0.25, -0.2) is 9.79 Å². The van der Waals surface area contributed by atoms with Crippen LogP contribution in [-0.4, -0.2) is 36.4 Å². The highest BCUT2D eigenvalue weighted by Gasteiger charge is 2.08. The molecule has 5 heteroatoms. The molecular formula is C10H11BrN2O2. The molecule has 0 amide bonds. The van der Waals surface area contributed by atoms with E-state index in [0.717, 1.165) is 4.47 Å². The number of carbonyl (C=O) groups is 1. The van der Waals surface area contributed by atoms with E-state index in [-0.39, 0.29) is 5.56 Å². The molecule has 0 aliphatic carbocycles. The Hall–Kier alpha value is -1.36. The van der Waals surface area contributed by atoms with Crippen molar-refractivity contribution >= 4 is 33.9 Å². The van der Waals surface area contributed by atoms with Gasteiger partial charge in [0.25, 0.3) is 0 Å². The molecule has 15 heavy (non-hydrogen) atoms. The summed E-state index contributed by atoms with van der Waals surface area (Å²) in [7, 11) is 3.64. The number of rotatable bonds is 3. The fourth-order valence-electron chi connectivity index (χ4n) is 0.970. The van der Waals surface area contributed by atoms with Gasteiger partial charge in [-0.15, -0.1) is 0 Å². The van der Waals surface area contributed by atoms with Crippen LogP contribution in [0.3, 0.4) is 0 Å². The van der Waals surface area contributed by atoms with Gasteiger partial charge in [-0.2, -0.15) is 0 Å². The van der Waals surface area contributed by atoms with E-state index in [4.69, 9.17) is 5.11 Å². The number of carboxylic acids is 1. The van der Waals surface area contributed by atoms with Crippen LogP contribution in [0.15, 0.2) is 27.7 Å². The Kier molecular flexibility index (Phi) is 3.85.